The summed E-state index contributed by atoms with van der Waals surface area (Å²) in [4.78, 5) is 24.8. The van der Waals surface area contributed by atoms with Crippen molar-refractivity contribution in [1.82, 2.24) is 14.9 Å². The molecule has 1 aromatic heterocycles. The minimum absolute atomic E-state index is 0.0400. The third-order valence-electron chi connectivity index (χ3n) is 8.57. The Hall–Kier alpha value is -3.86. The quantitative estimate of drug-likeness (QED) is 0.227. The van der Waals surface area contributed by atoms with E-state index in [0.29, 0.717) is 23.5 Å². The Balaban J connectivity index is 1.26. The summed E-state index contributed by atoms with van der Waals surface area (Å²) in [7, 11) is 5.80. The maximum absolute atomic E-state index is 13.9. The number of aryl methyl sites for hydroxylation is 2. The average molecular weight is 611 g/mol. The third kappa shape index (κ3) is 7.80. The zero-order valence-electron chi connectivity index (χ0n) is 25.6. The highest BCUT2D eigenvalue weighted by Gasteiger charge is 2.35. The zero-order valence-corrected chi connectivity index (χ0v) is 25.6. The lowest BCUT2D eigenvalue weighted by molar-refractivity contribution is -0.138. The Morgan fingerprint density at radius 3 is 2.64 bits per heavy atom. The summed E-state index contributed by atoms with van der Waals surface area (Å²) in [6.07, 6.45) is 2.89. The average Bonchev–Trinajstić information content (AvgIpc) is 3.39. The Bertz CT molecular complexity index is 1450. The number of ether oxygens (including phenoxy) is 1. The third-order valence-corrected chi connectivity index (χ3v) is 8.57. The fourth-order valence-electron chi connectivity index (χ4n) is 6.15. The minimum Gasteiger partial charge on any atom is -0.494 e. The lowest BCUT2D eigenvalue weighted by atomic mass is 9.91. The van der Waals surface area contributed by atoms with Crippen molar-refractivity contribution in [3.63, 3.8) is 0 Å². The molecule has 44 heavy (non-hydrogen) atoms. The first-order chi connectivity index (χ1) is 21.1. The van der Waals surface area contributed by atoms with Crippen molar-refractivity contribution in [3.05, 3.63) is 65.0 Å². The standard InChI is InChI=1S/C33H41F3N6O2/c1-41(2)16-5-4-7-22-14-17-42(18-15-22)24-11-13-29(30(19-24)44-3)40-32-37-21-26(33(34,35)36)28(39-32)12-10-23-8-6-9-27-25(23)20-31(43)38-27/h6,8-9,11,13,19,21-22H,4-5,7,10,12,14-18,20H2,1-3H3,(H,38,43)(H,37,39,40). The van der Waals surface area contributed by atoms with E-state index in [9.17, 15) is 18.0 Å². The molecule has 1 amide bonds. The number of alkyl halides is 3. The van der Waals surface area contributed by atoms with Crippen molar-refractivity contribution < 1.29 is 22.7 Å². The molecule has 2 N–H and O–H groups in total. The summed E-state index contributed by atoms with van der Waals surface area (Å²) in [5, 5.41) is 5.86. The molecule has 1 saturated heterocycles. The van der Waals surface area contributed by atoms with Gasteiger partial charge in [-0.1, -0.05) is 25.0 Å². The topological polar surface area (TPSA) is 82.6 Å². The molecule has 3 aromatic rings. The van der Waals surface area contributed by atoms with E-state index in [0.717, 1.165) is 61.4 Å². The second-order valence-electron chi connectivity index (χ2n) is 12.0. The molecule has 11 heteroatoms. The SMILES string of the molecule is COc1cc(N2CCC(CCCCN(C)C)CC2)ccc1Nc1ncc(C(F)(F)F)c(CCc2cccc3c2CC(=O)N3)n1. The van der Waals surface area contributed by atoms with E-state index in [-0.39, 0.29) is 30.4 Å². The zero-order chi connectivity index (χ0) is 31.3. The van der Waals surface area contributed by atoms with Gasteiger partial charge in [-0.25, -0.2) is 9.97 Å². The molecule has 2 aliphatic rings. The molecule has 0 aliphatic carbocycles. The van der Waals surface area contributed by atoms with Gasteiger partial charge in [0.2, 0.25) is 11.9 Å². The van der Waals surface area contributed by atoms with Crippen LogP contribution in [0, 0.1) is 5.92 Å². The number of nitrogens with zero attached hydrogens (tertiary/aromatic N) is 4. The number of halogens is 3. The number of fused-ring (bicyclic) bond motifs is 1. The van der Waals surface area contributed by atoms with Crippen LogP contribution in [0.5, 0.6) is 5.75 Å². The van der Waals surface area contributed by atoms with Gasteiger partial charge in [0.05, 0.1) is 30.5 Å². The number of rotatable bonds is 12. The molecule has 3 heterocycles. The van der Waals surface area contributed by atoms with Gasteiger partial charge in [-0.3, -0.25) is 4.79 Å². The predicted molar refractivity (Wildman–Crippen MR) is 167 cm³/mol. The largest absolute Gasteiger partial charge is 0.494 e. The van der Waals surface area contributed by atoms with Crippen molar-refractivity contribution in [2.45, 2.75) is 57.5 Å². The van der Waals surface area contributed by atoms with E-state index in [2.05, 4.69) is 44.5 Å². The van der Waals surface area contributed by atoms with Crippen LogP contribution in [0.2, 0.25) is 0 Å². The van der Waals surface area contributed by atoms with E-state index in [1.807, 2.05) is 24.3 Å². The van der Waals surface area contributed by atoms with Gasteiger partial charge in [-0.2, -0.15) is 13.2 Å². The number of benzene rings is 2. The van der Waals surface area contributed by atoms with Crippen molar-refractivity contribution in [2.75, 3.05) is 56.4 Å². The van der Waals surface area contributed by atoms with Gasteiger partial charge < -0.3 is 25.2 Å². The molecular formula is C33H41F3N6O2. The van der Waals surface area contributed by atoms with E-state index < -0.39 is 11.7 Å². The molecule has 0 bridgehead atoms. The highest BCUT2D eigenvalue weighted by molar-refractivity contribution is 5.99. The molecule has 0 atom stereocenters. The van der Waals surface area contributed by atoms with Crippen LogP contribution in [0.3, 0.4) is 0 Å². The number of nitrogens with one attached hydrogen (secondary N) is 2. The Kier molecular flexibility index (Phi) is 9.93. The van der Waals surface area contributed by atoms with Crippen molar-refractivity contribution in [3.8, 4) is 5.75 Å². The second kappa shape index (κ2) is 13.8. The summed E-state index contributed by atoms with van der Waals surface area (Å²) in [5.74, 6) is 1.26. The number of carbonyl (C=O) groups excluding carboxylic acids is 1. The second-order valence-corrected chi connectivity index (χ2v) is 12.0. The number of carbonyl (C=O) groups is 1. The summed E-state index contributed by atoms with van der Waals surface area (Å²) in [5.41, 5.74) is 3.02. The molecule has 2 aliphatic heterocycles. The first-order valence-electron chi connectivity index (χ1n) is 15.3. The van der Waals surface area contributed by atoms with Crippen LogP contribution >= 0.6 is 0 Å². The molecular weight excluding hydrogens is 569 g/mol. The van der Waals surface area contributed by atoms with Gasteiger partial charge in [0.1, 0.15) is 5.75 Å². The van der Waals surface area contributed by atoms with Crippen LogP contribution in [0.4, 0.5) is 36.2 Å². The number of amides is 1. The number of methoxy groups -OCH3 is 1. The molecule has 0 saturated carbocycles. The molecule has 5 rings (SSSR count). The van der Waals surface area contributed by atoms with Crippen molar-refractivity contribution in [1.29, 1.82) is 0 Å². The number of hydrogen-bond donors (Lipinski definition) is 2. The van der Waals surface area contributed by atoms with Crippen LogP contribution in [0.1, 0.15) is 54.5 Å². The highest BCUT2D eigenvalue weighted by atomic mass is 19.4. The smallest absolute Gasteiger partial charge is 0.419 e. The van der Waals surface area contributed by atoms with Gasteiger partial charge in [-0.05, 0) is 88.0 Å². The van der Waals surface area contributed by atoms with Gasteiger partial charge >= 0.3 is 6.18 Å². The maximum atomic E-state index is 13.9. The molecule has 1 fully saturated rings. The molecule has 236 valence electrons. The number of aromatic nitrogens is 2. The lowest BCUT2D eigenvalue weighted by Crippen LogP contribution is -2.33. The summed E-state index contributed by atoms with van der Waals surface area (Å²) >= 11 is 0. The highest BCUT2D eigenvalue weighted by Crippen LogP contribution is 2.36. The number of unbranched alkanes of at least 4 members (excludes halogenated alkanes) is 1. The lowest BCUT2D eigenvalue weighted by Gasteiger charge is -2.34. The summed E-state index contributed by atoms with van der Waals surface area (Å²) < 4.78 is 47.3. The maximum Gasteiger partial charge on any atom is 0.419 e. The van der Waals surface area contributed by atoms with E-state index in [4.69, 9.17) is 4.74 Å². The number of piperidine rings is 1. The molecule has 0 radical (unpaired) electrons. The fourth-order valence-corrected chi connectivity index (χ4v) is 6.15. The van der Waals surface area contributed by atoms with Gasteiger partial charge in [0.25, 0.3) is 0 Å². The normalized spacial score (nSPS) is 15.4. The van der Waals surface area contributed by atoms with E-state index in [1.54, 1.807) is 19.2 Å². The van der Waals surface area contributed by atoms with Gasteiger partial charge in [0.15, 0.2) is 0 Å². The fraction of sp³-hybridized carbons (Fsp3) is 0.485. The summed E-state index contributed by atoms with van der Waals surface area (Å²) in [6.45, 7) is 3.09. The molecule has 0 unspecified atom stereocenters. The first kappa shape index (κ1) is 31.6. The Morgan fingerprint density at radius 2 is 1.91 bits per heavy atom. The van der Waals surface area contributed by atoms with Gasteiger partial charge in [0, 0.05) is 36.7 Å². The molecule has 0 spiro atoms. The monoisotopic (exact) mass is 610 g/mol. The van der Waals surface area contributed by atoms with E-state index >= 15 is 0 Å². The van der Waals surface area contributed by atoms with Crippen LogP contribution in [-0.4, -0.2) is 61.6 Å². The van der Waals surface area contributed by atoms with Crippen LogP contribution in [0.25, 0.3) is 0 Å². The number of anilines is 4. The van der Waals surface area contributed by atoms with Gasteiger partial charge in [-0.15, -0.1) is 0 Å². The molecule has 2 aromatic carbocycles. The first-order valence-corrected chi connectivity index (χ1v) is 15.3. The van der Waals surface area contributed by atoms with Crippen LogP contribution in [-0.2, 0) is 30.2 Å². The van der Waals surface area contributed by atoms with Crippen molar-refractivity contribution in [2.24, 2.45) is 5.92 Å². The van der Waals surface area contributed by atoms with Crippen LogP contribution in [0.15, 0.2) is 42.6 Å². The molecule has 8 nitrogen and oxygen atoms in total. The minimum atomic E-state index is -4.59. The Labute approximate surface area is 257 Å². The summed E-state index contributed by atoms with van der Waals surface area (Å²) in [6, 6.07) is 11.2. The Morgan fingerprint density at radius 1 is 1.11 bits per heavy atom. The number of hydrogen-bond acceptors (Lipinski definition) is 7. The predicted octanol–water partition coefficient (Wildman–Crippen LogP) is 6.48. The van der Waals surface area contributed by atoms with Crippen LogP contribution < -0.4 is 20.3 Å². The van der Waals surface area contributed by atoms with E-state index in [1.165, 1.54) is 19.3 Å². The van der Waals surface area contributed by atoms with Crippen molar-refractivity contribution >= 4 is 28.9 Å².